The zero-order valence-corrected chi connectivity index (χ0v) is 11.9. The van der Waals surface area contributed by atoms with Crippen LogP contribution in [0.2, 0.25) is 0 Å². The largest absolute Gasteiger partial charge is 0.432 e. The first kappa shape index (κ1) is 14.7. The fourth-order valence-electron chi connectivity index (χ4n) is 2.65. The van der Waals surface area contributed by atoms with E-state index in [4.69, 9.17) is 4.42 Å². The topological polar surface area (TPSA) is 64.2 Å². The number of hydrogen-bond donors (Lipinski definition) is 0. The van der Waals surface area contributed by atoms with E-state index in [0.717, 1.165) is 32.0 Å². The smallest absolute Gasteiger partial charge is 0.297 e. The Morgan fingerprint density at radius 3 is 2.68 bits per heavy atom. The highest BCUT2D eigenvalue weighted by Gasteiger charge is 2.22. The third-order valence-electron chi connectivity index (χ3n) is 3.88. The van der Waals surface area contributed by atoms with E-state index in [-0.39, 0.29) is 0 Å². The molecule has 0 aliphatic carbocycles. The van der Waals surface area contributed by atoms with Crippen LogP contribution in [-0.4, -0.2) is 27.6 Å². The molecule has 3 heterocycles. The molecule has 1 aliphatic heterocycles. The molecule has 3 rings (SSSR count). The van der Waals surface area contributed by atoms with Gasteiger partial charge in [-0.25, -0.2) is 18.7 Å². The maximum absolute atomic E-state index is 12.5. The number of rotatable bonds is 4. The van der Waals surface area contributed by atoms with Crippen molar-refractivity contribution >= 4 is 6.01 Å². The molecule has 8 heteroatoms. The number of piperidine rings is 1. The Balaban J connectivity index is 1.60. The van der Waals surface area contributed by atoms with Gasteiger partial charge in [-0.3, -0.25) is 9.36 Å². The van der Waals surface area contributed by atoms with Crippen molar-refractivity contribution in [3.05, 3.63) is 40.9 Å². The first-order valence-electron chi connectivity index (χ1n) is 7.12. The van der Waals surface area contributed by atoms with Crippen molar-refractivity contribution in [1.82, 2.24) is 14.5 Å². The summed E-state index contributed by atoms with van der Waals surface area (Å²) in [6, 6.07) is 1.52. The Kier molecular flexibility index (Phi) is 4.17. The summed E-state index contributed by atoms with van der Waals surface area (Å²) in [6.07, 6.45) is 3.40. The van der Waals surface area contributed by atoms with Crippen molar-refractivity contribution in [2.45, 2.75) is 25.8 Å². The number of hydrogen-bond acceptors (Lipinski definition) is 5. The van der Waals surface area contributed by atoms with Gasteiger partial charge < -0.3 is 9.32 Å². The highest BCUT2D eigenvalue weighted by Crippen LogP contribution is 2.22. The van der Waals surface area contributed by atoms with Gasteiger partial charge in [0.2, 0.25) is 0 Å². The van der Waals surface area contributed by atoms with Crippen molar-refractivity contribution in [3.8, 4) is 0 Å². The minimum atomic E-state index is -2.72. The minimum Gasteiger partial charge on any atom is -0.432 e. The number of aromatic nitrogens is 3. The summed E-state index contributed by atoms with van der Waals surface area (Å²) >= 11 is 0. The molecule has 1 aliphatic rings. The summed E-state index contributed by atoms with van der Waals surface area (Å²) in [5.41, 5.74) is -0.902. The van der Waals surface area contributed by atoms with E-state index >= 15 is 0 Å². The van der Waals surface area contributed by atoms with Gasteiger partial charge in [0.25, 0.3) is 18.0 Å². The maximum Gasteiger partial charge on any atom is 0.297 e. The van der Waals surface area contributed by atoms with Gasteiger partial charge in [0.1, 0.15) is 12.0 Å². The van der Waals surface area contributed by atoms with Gasteiger partial charge in [0, 0.05) is 25.7 Å². The van der Waals surface area contributed by atoms with Crippen LogP contribution in [0.5, 0.6) is 0 Å². The number of nitrogens with zero attached hydrogens (tertiary/aromatic N) is 4. The number of halogens is 2. The summed E-state index contributed by atoms with van der Waals surface area (Å²) in [5.74, 6) is 0.308. The van der Waals surface area contributed by atoms with E-state index in [1.165, 1.54) is 17.2 Å². The lowest BCUT2D eigenvalue weighted by Gasteiger charge is -2.31. The van der Waals surface area contributed by atoms with Gasteiger partial charge in [-0.2, -0.15) is 0 Å². The normalized spacial score (nSPS) is 16.4. The molecule has 2 aromatic rings. The molecule has 0 spiro atoms. The van der Waals surface area contributed by atoms with Gasteiger partial charge in [-0.1, -0.05) is 0 Å². The monoisotopic (exact) mass is 310 g/mol. The molecule has 0 unspecified atom stereocenters. The van der Waals surface area contributed by atoms with Crippen molar-refractivity contribution in [1.29, 1.82) is 0 Å². The molecule has 1 saturated heterocycles. The molecule has 6 nitrogen and oxygen atoms in total. The van der Waals surface area contributed by atoms with Gasteiger partial charge >= 0.3 is 0 Å². The quantitative estimate of drug-likeness (QED) is 0.865. The first-order chi connectivity index (χ1) is 10.6. The standard InChI is InChI=1S/C14H16F2N4O2/c15-13(16)11-7-12(21)20(9-18-11)8-10-1-4-19(5-2-10)14-17-3-6-22-14/h3,6-7,9-10,13H,1-2,4-5,8H2. The molecular weight excluding hydrogens is 294 g/mol. The second-order valence-electron chi connectivity index (χ2n) is 5.35. The molecule has 0 aromatic carbocycles. The Morgan fingerprint density at radius 2 is 2.09 bits per heavy atom. The molecule has 0 saturated carbocycles. The molecule has 0 bridgehead atoms. The first-order valence-corrected chi connectivity index (χ1v) is 7.12. The Labute approximate surface area is 125 Å². The fraction of sp³-hybridized carbons (Fsp3) is 0.500. The average Bonchev–Trinajstić information content (AvgIpc) is 3.04. The lowest BCUT2D eigenvalue weighted by atomic mass is 9.97. The van der Waals surface area contributed by atoms with Crippen LogP contribution in [0, 0.1) is 5.92 Å². The van der Waals surface area contributed by atoms with E-state index < -0.39 is 17.7 Å². The Hall–Kier alpha value is -2.25. The van der Waals surface area contributed by atoms with E-state index in [9.17, 15) is 13.6 Å². The zero-order valence-electron chi connectivity index (χ0n) is 11.9. The molecule has 0 amide bonds. The van der Waals surface area contributed by atoms with Crippen molar-refractivity contribution in [3.63, 3.8) is 0 Å². The van der Waals surface area contributed by atoms with Gasteiger partial charge in [-0.05, 0) is 18.8 Å². The van der Waals surface area contributed by atoms with Gasteiger partial charge in [0.15, 0.2) is 0 Å². The Morgan fingerprint density at radius 1 is 1.32 bits per heavy atom. The van der Waals surface area contributed by atoms with Crippen LogP contribution in [0.4, 0.5) is 14.8 Å². The maximum atomic E-state index is 12.5. The van der Waals surface area contributed by atoms with E-state index in [1.54, 1.807) is 6.20 Å². The SMILES string of the molecule is O=c1cc(C(F)F)ncn1CC1CCN(c2ncco2)CC1. The molecule has 2 aromatic heterocycles. The predicted molar refractivity (Wildman–Crippen MR) is 74.9 cm³/mol. The summed E-state index contributed by atoms with van der Waals surface area (Å²) in [7, 11) is 0. The second kappa shape index (κ2) is 6.25. The molecule has 118 valence electrons. The lowest BCUT2D eigenvalue weighted by molar-refractivity contribution is 0.145. The van der Waals surface area contributed by atoms with Crippen LogP contribution in [-0.2, 0) is 6.54 Å². The van der Waals surface area contributed by atoms with Crippen LogP contribution in [0.1, 0.15) is 25.0 Å². The van der Waals surface area contributed by atoms with E-state index in [0.29, 0.717) is 18.5 Å². The van der Waals surface area contributed by atoms with Crippen molar-refractivity contribution in [2.75, 3.05) is 18.0 Å². The van der Waals surface area contributed by atoms with Crippen LogP contribution in [0.25, 0.3) is 0 Å². The summed E-state index contributed by atoms with van der Waals surface area (Å²) in [6.45, 7) is 2.08. The van der Waals surface area contributed by atoms with Crippen LogP contribution < -0.4 is 10.5 Å². The van der Waals surface area contributed by atoms with Gasteiger partial charge in [0.05, 0.1) is 12.5 Å². The van der Waals surface area contributed by atoms with E-state index in [1.807, 2.05) is 0 Å². The van der Waals surface area contributed by atoms with E-state index in [2.05, 4.69) is 14.9 Å². The summed E-state index contributed by atoms with van der Waals surface area (Å²) in [5, 5.41) is 0. The predicted octanol–water partition coefficient (Wildman–Crippen LogP) is 2.09. The minimum absolute atomic E-state index is 0.308. The molecule has 1 fully saturated rings. The van der Waals surface area contributed by atoms with Crippen molar-refractivity contribution in [2.24, 2.45) is 5.92 Å². The zero-order chi connectivity index (χ0) is 15.5. The molecule has 0 N–H and O–H groups in total. The molecular formula is C14H16F2N4O2. The van der Waals surface area contributed by atoms with Crippen LogP contribution >= 0.6 is 0 Å². The summed E-state index contributed by atoms with van der Waals surface area (Å²) < 4.78 is 31.6. The van der Waals surface area contributed by atoms with Crippen LogP contribution in [0.15, 0.2) is 34.1 Å². The summed E-state index contributed by atoms with van der Waals surface area (Å²) in [4.78, 5) is 21.6. The molecule has 0 atom stereocenters. The molecule has 22 heavy (non-hydrogen) atoms. The third kappa shape index (κ3) is 3.15. The highest BCUT2D eigenvalue weighted by molar-refractivity contribution is 5.25. The fourth-order valence-corrected chi connectivity index (χ4v) is 2.65. The number of oxazole rings is 1. The number of alkyl halides is 2. The van der Waals surface area contributed by atoms with Crippen LogP contribution in [0.3, 0.4) is 0 Å². The second-order valence-corrected chi connectivity index (χ2v) is 5.35. The third-order valence-corrected chi connectivity index (χ3v) is 3.88. The highest BCUT2D eigenvalue weighted by atomic mass is 19.3. The lowest BCUT2D eigenvalue weighted by Crippen LogP contribution is -2.36. The average molecular weight is 310 g/mol. The number of anilines is 1. The van der Waals surface area contributed by atoms with Gasteiger partial charge in [-0.15, -0.1) is 0 Å². The Bertz CT molecular complexity index is 664. The molecule has 0 radical (unpaired) electrons. The van der Waals surface area contributed by atoms with Crippen molar-refractivity contribution < 1.29 is 13.2 Å².